The molecule has 0 saturated carbocycles. The molecule has 0 saturated heterocycles. The van der Waals surface area contributed by atoms with Crippen molar-refractivity contribution in [3.8, 4) is 44.5 Å². The molecule has 0 atom stereocenters. The molecule has 0 bridgehead atoms. The van der Waals surface area contributed by atoms with Crippen LogP contribution in [0.1, 0.15) is 69.5 Å². The first-order chi connectivity index (χ1) is 39.1. The van der Waals surface area contributed by atoms with E-state index in [0.29, 0.717) is 0 Å². The number of benzene rings is 12. The van der Waals surface area contributed by atoms with Crippen LogP contribution in [-0.4, -0.2) is 0 Å². The van der Waals surface area contributed by atoms with E-state index in [2.05, 4.69) is 318 Å². The molecule has 12 aromatic rings. The van der Waals surface area contributed by atoms with Gasteiger partial charge in [0.25, 0.3) is 0 Å². The molecule has 2 heteroatoms. The summed E-state index contributed by atoms with van der Waals surface area (Å²) in [5.41, 5.74) is 28.2. The topological polar surface area (TPSA) is 6.48 Å². The normalized spacial score (nSPS) is 13.3. The van der Waals surface area contributed by atoms with E-state index in [4.69, 9.17) is 0 Å². The predicted octanol–water partition coefficient (Wildman–Crippen LogP) is 21.0. The van der Waals surface area contributed by atoms with E-state index in [0.717, 1.165) is 34.1 Å². The average Bonchev–Trinajstić information content (AvgIpc) is 4.13. The summed E-state index contributed by atoms with van der Waals surface area (Å²) in [5.74, 6) is 0. The highest BCUT2D eigenvalue weighted by Gasteiger charge is 2.52. The van der Waals surface area contributed by atoms with E-state index in [1.165, 1.54) is 111 Å². The van der Waals surface area contributed by atoms with Gasteiger partial charge in [0.05, 0.1) is 16.8 Å². The number of nitrogens with zero attached hydrogens (tertiary/aromatic N) is 2. The van der Waals surface area contributed by atoms with Crippen LogP contribution in [0.15, 0.2) is 267 Å². The summed E-state index contributed by atoms with van der Waals surface area (Å²) in [6.45, 7) is 13.8. The zero-order valence-electron chi connectivity index (χ0n) is 46.3. The van der Waals surface area contributed by atoms with Crippen molar-refractivity contribution in [1.82, 2.24) is 0 Å². The number of aryl methyl sites for hydroxylation is 4. The number of hydrogen-bond acceptors (Lipinski definition) is 2. The van der Waals surface area contributed by atoms with Crippen LogP contribution >= 0.6 is 0 Å². The molecule has 0 N–H and O–H groups in total. The second kappa shape index (κ2) is 19.1. The standard InChI is InChI=1S/C78H62N2/c1-51-22-15-26-55(44-51)57-28-19-36-63(48-57)79(61-34-17-24-53(3)46-61)71-41-21-39-66-65(71)42-43-68-74-72(80(62-35-18-25-54(4)47-62)64-37-20-29-58(49-64)56-27-16-23-52(2)45-56)50-70-73(76(74)77(5,6)75(66)68)67-38-13-14-40-69(67)78(70,59-30-9-7-10-31-59)60-32-11-8-12-33-60/h7-50H,1-6H3. The maximum absolute atomic E-state index is 2.60. The van der Waals surface area contributed by atoms with Crippen molar-refractivity contribution in [3.63, 3.8) is 0 Å². The van der Waals surface area contributed by atoms with Crippen molar-refractivity contribution in [1.29, 1.82) is 0 Å². The van der Waals surface area contributed by atoms with Crippen molar-refractivity contribution < 1.29 is 0 Å². The lowest BCUT2D eigenvalue weighted by Gasteiger charge is -2.36. The van der Waals surface area contributed by atoms with Crippen LogP contribution in [0, 0.1) is 27.7 Å². The summed E-state index contributed by atoms with van der Waals surface area (Å²) in [4.78, 5) is 5.05. The Bertz CT molecular complexity index is 4350. The second-order valence-corrected chi connectivity index (χ2v) is 22.8. The molecule has 14 rings (SSSR count). The molecule has 0 heterocycles. The molecule has 0 fully saturated rings. The highest BCUT2D eigenvalue weighted by atomic mass is 15.2. The Morgan fingerprint density at radius 3 is 1.27 bits per heavy atom. The third-order valence-corrected chi connectivity index (χ3v) is 17.2. The van der Waals surface area contributed by atoms with Crippen molar-refractivity contribution >= 4 is 44.9 Å². The number of fused-ring (bicyclic) bond motifs is 9. The Kier molecular flexibility index (Phi) is 11.7. The Morgan fingerprint density at radius 1 is 0.287 bits per heavy atom. The molecule has 0 aliphatic heterocycles. The summed E-state index contributed by atoms with van der Waals surface area (Å²) in [6.07, 6.45) is 0. The van der Waals surface area contributed by atoms with Crippen LogP contribution in [0.5, 0.6) is 0 Å². The summed E-state index contributed by atoms with van der Waals surface area (Å²) in [6, 6.07) is 100. The fourth-order valence-electron chi connectivity index (χ4n) is 13.9. The molecule has 0 spiro atoms. The number of rotatable bonds is 10. The molecule has 0 aromatic heterocycles. The SMILES string of the molecule is Cc1cccc(-c2cccc(N(c3cccc(C)c3)c3cc4c(c5c3-c3ccc6c(N(c7cccc(C)c7)c7cccc(-c8cccc(C)c8)c7)cccc6c3C5(C)C)-c3ccccc3C4(c3ccccc3)c3ccccc3)c2)c1. The molecule has 384 valence electrons. The fraction of sp³-hybridized carbons (Fsp3) is 0.103. The van der Waals surface area contributed by atoms with Gasteiger partial charge in [-0.25, -0.2) is 0 Å². The molecule has 80 heavy (non-hydrogen) atoms. The van der Waals surface area contributed by atoms with Crippen LogP contribution in [0.3, 0.4) is 0 Å². The highest BCUT2D eigenvalue weighted by molar-refractivity contribution is 6.10. The minimum atomic E-state index is -0.638. The van der Waals surface area contributed by atoms with Crippen LogP contribution in [-0.2, 0) is 10.8 Å². The summed E-state index contributed by atoms with van der Waals surface area (Å²) in [5, 5.41) is 2.46. The first-order valence-corrected chi connectivity index (χ1v) is 28.2. The van der Waals surface area contributed by atoms with E-state index < -0.39 is 10.8 Å². The molecule has 12 aromatic carbocycles. The van der Waals surface area contributed by atoms with Gasteiger partial charge in [-0.1, -0.05) is 231 Å². The monoisotopic (exact) mass is 1030 g/mol. The molecular formula is C78H62N2. The van der Waals surface area contributed by atoms with Gasteiger partial charge in [-0.3, -0.25) is 0 Å². The zero-order chi connectivity index (χ0) is 54.3. The van der Waals surface area contributed by atoms with E-state index in [1.54, 1.807) is 0 Å². The van der Waals surface area contributed by atoms with Crippen molar-refractivity contribution in [2.45, 2.75) is 52.4 Å². The fourth-order valence-corrected chi connectivity index (χ4v) is 13.9. The van der Waals surface area contributed by atoms with E-state index in [-0.39, 0.29) is 0 Å². The van der Waals surface area contributed by atoms with Crippen molar-refractivity contribution in [2.75, 3.05) is 9.80 Å². The first kappa shape index (κ1) is 48.8. The van der Waals surface area contributed by atoms with Gasteiger partial charge in [-0.15, -0.1) is 0 Å². The van der Waals surface area contributed by atoms with E-state index in [9.17, 15) is 0 Å². The Morgan fingerprint density at radius 2 is 0.738 bits per heavy atom. The lowest BCUT2D eigenvalue weighted by atomic mass is 9.67. The van der Waals surface area contributed by atoms with Gasteiger partial charge in [-0.05, 0) is 177 Å². The van der Waals surface area contributed by atoms with Crippen LogP contribution in [0.4, 0.5) is 34.1 Å². The van der Waals surface area contributed by atoms with Gasteiger partial charge in [0, 0.05) is 39.1 Å². The maximum Gasteiger partial charge on any atom is 0.0714 e. The predicted molar refractivity (Wildman–Crippen MR) is 338 cm³/mol. The van der Waals surface area contributed by atoms with Gasteiger partial charge in [0.2, 0.25) is 0 Å². The van der Waals surface area contributed by atoms with Gasteiger partial charge in [-0.2, -0.15) is 0 Å². The van der Waals surface area contributed by atoms with E-state index in [1.807, 2.05) is 0 Å². The molecule has 2 aliphatic carbocycles. The summed E-state index contributed by atoms with van der Waals surface area (Å²) in [7, 11) is 0. The molecule has 0 unspecified atom stereocenters. The lowest BCUT2D eigenvalue weighted by molar-refractivity contribution is 0.666. The van der Waals surface area contributed by atoms with Gasteiger partial charge < -0.3 is 9.80 Å². The number of hydrogen-bond donors (Lipinski definition) is 0. The first-order valence-electron chi connectivity index (χ1n) is 28.2. The highest BCUT2D eigenvalue weighted by Crippen LogP contribution is 2.66. The summed E-state index contributed by atoms with van der Waals surface area (Å²) < 4.78 is 0. The van der Waals surface area contributed by atoms with Crippen LogP contribution < -0.4 is 9.80 Å². The minimum absolute atomic E-state index is 0.486. The Hall–Kier alpha value is -9.50. The molecule has 0 amide bonds. The average molecular weight is 1030 g/mol. The second-order valence-electron chi connectivity index (χ2n) is 22.8. The van der Waals surface area contributed by atoms with Gasteiger partial charge >= 0.3 is 0 Å². The van der Waals surface area contributed by atoms with Crippen molar-refractivity contribution in [3.05, 3.63) is 323 Å². The third-order valence-electron chi connectivity index (χ3n) is 17.2. The summed E-state index contributed by atoms with van der Waals surface area (Å²) >= 11 is 0. The quantitative estimate of drug-likeness (QED) is 0.135. The number of anilines is 6. The Labute approximate surface area is 471 Å². The molecular weight excluding hydrogens is 965 g/mol. The van der Waals surface area contributed by atoms with Gasteiger partial charge in [0.15, 0.2) is 0 Å². The lowest BCUT2D eigenvalue weighted by Crippen LogP contribution is -2.29. The zero-order valence-corrected chi connectivity index (χ0v) is 46.3. The third kappa shape index (κ3) is 7.76. The smallest absolute Gasteiger partial charge is 0.0714 e. The largest absolute Gasteiger partial charge is 0.310 e. The van der Waals surface area contributed by atoms with Gasteiger partial charge in [0.1, 0.15) is 0 Å². The van der Waals surface area contributed by atoms with Crippen LogP contribution in [0.25, 0.3) is 55.3 Å². The molecule has 0 radical (unpaired) electrons. The Balaban J connectivity index is 1.09. The van der Waals surface area contributed by atoms with Crippen LogP contribution in [0.2, 0.25) is 0 Å². The molecule has 2 aliphatic rings. The molecule has 2 nitrogen and oxygen atoms in total. The van der Waals surface area contributed by atoms with E-state index >= 15 is 0 Å². The minimum Gasteiger partial charge on any atom is -0.310 e. The van der Waals surface area contributed by atoms with Crippen molar-refractivity contribution in [2.24, 2.45) is 0 Å². The maximum atomic E-state index is 2.60.